The topological polar surface area (TPSA) is 81.6 Å². The van der Waals surface area contributed by atoms with Crippen molar-refractivity contribution in [3.8, 4) is 0 Å². The van der Waals surface area contributed by atoms with Gasteiger partial charge in [0.25, 0.3) is 0 Å². The summed E-state index contributed by atoms with van der Waals surface area (Å²) in [6.07, 6.45) is 3.04. The summed E-state index contributed by atoms with van der Waals surface area (Å²) in [5.74, 6) is 2.13. The summed E-state index contributed by atoms with van der Waals surface area (Å²) in [5, 5.41) is 13.5. The van der Waals surface area contributed by atoms with Crippen LogP contribution in [0.4, 0.5) is 11.6 Å². The predicted octanol–water partition coefficient (Wildman–Crippen LogP) is 1.68. The fraction of sp³-hybridized carbons (Fsp3) is 0.450. The second-order valence-corrected chi connectivity index (χ2v) is 7.16. The molecule has 1 atom stereocenters. The zero-order valence-electron chi connectivity index (χ0n) is 15.3. The summed E-state index contributed by atoms with van der Waals surface area (Å²) < 4.78 is 0. The average molecular weight is 367 g/mol. The van der Waals surface area contributed by atoms with E-state index in [0.717, 1.165) is 50.4 Å². The van der Waals surface area contributed by atoms with Crippen LogP contribution >= 0.6 is 0 Å². The Morgan fingerprint density at radius 1 is 1.15 bits per heavy atom. The molecule has 0 bridgehead atoms. The minimum atomic E-state index is -0.596. The molecular weight excluding hydrogens is 342 g/mol. The van der Waals surface area contributed by atoms with Crippen molar-refractivity contribution in [2.45, 2.75) is 18.9 Å². The van der Waals surface area contributed by atoms with Gasteiger partial charge < -0.3 is 20.2 Å². The number of aromatic nitrogens is 2. The van der Waals surface area contributed by atoms with Crippen LogP contribution in [0.2, 0.25) is 0 Å². The number of aliphatic hydroxyl groups is 1. The molecule has 2 aliphatic rings. The first-order valence-corrected chi connectivity index (χ1v) is 9.53. The standard InChI is InChI=1S/C20H25N5O2/c26-17(15-4-2-1-3-5-15)13-21-18-12-19(23-14-22-18)24-8-10-25(11-9-24)20(27)16-6-7-16/h1-5,12,14,16-17,26H,6-11,13H2,(H,21,22,23). The van der Waals surface area contributed by atoms with Gasteiger partial charge in [0.1, 0.15) is 18.0 Å². The van der Waals surface area contributed by atoms with Crippen molar-refractivity contribution in [1.29, 1.82) is 0 Å². The van der Waals surface area contributed by atoms with Crippen LogP contribution in [0, 0.1) is 5.92 Å². The summed E-state index contributed by atoms with van der Waals surface area (Å²) >= 11 is 0. The van der Waals surface area contributed by atoms with E-state index in [2.05, 4.69) is 20.2 Å². The van der Waals surface area contributed by atoms with Gasteiger partial charge >= 0.3 is 0 Å². The molecule has 0 spiro atoms. The van der Waals surface area contributed by atoms with Crippen LogP contribution in [-0.2, 0) is 4.79 Å². The summed E-state index contributed by atoms with van der Waals surface area (Å²) in [4.78, 5) is 25.0. The predicted molar refractivity (Wildman–Crippen MR) is 103 cm³/mol. The maximum Gasteiger partial charge on any atom is 0.225 e. The number of anilines is 2. The van der Waals surface area contributed by atoms with E-state index in [4.69, 9.17) is 0 Å². The van der Waals surface area contributed by atoms with Crippen LogP contribution in [0.15, 0.2) is 42.7 Å². The molecule has 27 heavy (non-hydrogen) atoms. The highest BCUT2D eigenvalue weighted by atomic mass is 16.3. The molecule has 142 valence electrons. The molecule has 2 aromatic rings. The summed E-state index contributed by atoms with van der Waals surface area (Å²) in [6.45, 7) is 3.43. The minimum absolute atomic E-state index is 0.280. The quantitative estimate of drug-likeness (QED) is 0.809. The lowest BCUT2D eigenvalue weighted by molar-refractivity contribution is -0.132. The first-order chi connectivity index (χ1) is 13.2. The Balaban J connectivity index is 1.32. The van der Waals surface area contributed by atoms with Crippen LogP contribution in [0.5, 0.6) is 0 Å². The van der Waals surface area contributed by atoms with Crippen LogP contribution in [0.1, 0.15) is 24.5 Å². The number of aliphatic hydroxyl groups excluding tert-OH is 1. The fourth-order valence-electron chi connectivity index (χ4n) is 3.36. The van der Waals surface area contributed by atoms with Crippen molar-refractivity contribution < 1.29 is 9.90 Å². The molecule has 0 radical (unpaired) electrons. The van der Waals surface area contributed by atoms with Crippen molar-refractivity contribution in [2.24, 2.45) is 5.92 Å². The Morgan fingerprint density at radius 2 is 1.89 bits per heavy atom. The second-order valence-electron chi connectivity index (χ2n) is 7.16. The lowest BCUT2D eigenvalue weighted by Gasteiger charge is -2.35. The number of nitrogens with one attached hydrogen (secondary N) is 1. The number of nitrogens with zero attached hydrogens (tertiary/aromatic N) is 4. The van der Waals surface area contributed by atoms with Crippen molar-refractivity contribution in [1.82, 2.24) is 14.9 Å². The Bertz CT molecular complexity index is 773. The summed E-state index contributed by atoms with van der Waals surface area (Å²) in [7, 11) is 0. The molecule has 1 amide bonds. The van der Waals surface area contributed by atoms with E-state index in [9.17, 15) is 9.90 Å². The first kappa shape index (κ1) is 17.7. The van der Waals surface area contributed by atoms with Crippen LogP contribution < -0.4 is 10.2 Å². The van der Waals surface area contributed by atoms with Gasteiger partial charge in [0.2, 0.25) is 5.91 Å². The Hall–Kier alpha value is -2.67. The summed E-state index contributed by atoms with van der Waals surface area (Å²) in [6, 6.07) is 11.5. The molecular formula is C20H25N5O2. The minimum Gasteiger partial charge on any atom is -0.387 e. The number of piperazine rings is 1. The largest absolute Gasteiger partial charge is 0.387 e. The molecule has 1 aliphatic carbocycles. The normalized spacial score (nSPS) is 18.3. The highest BCUT2D eigenvalue weighted by Gasteiger charge is 2.34. The van der Waals surface area contributed by atoms with Crippen LogP contribution in [-0.4, -0.2) is 58.6 Å². The zero-order chi connectivity index (χ0) is 18.6. The molecule has 2 N–H and O–H groups in total. The van der Waals surface area contributed by atoms with E-state index in [0.29, 0.717) is 18.3 Å². The second kappa shape index (κ2) is 7.92. The van der Waals surface area contributed by atoms with Gasteiger partial charge in [0.15, 0.2) is 0 Å². The lowest BCUT2D eigenvalue weighted by Crippen LogP contribution is -2.49. The lowest BCUT2D eigenvalue weighted by atomic mass is 10.1. The molecule has 2 fully saturated rings. The van der Waals surface area contributed by atoms with Gasteiger partial charge in [-0.15, -0.1) is 0 Å². The maximum absolute atomic E-state index is 12.2. The molecule has 4 rings (SSSR count). The number of carbonyl (C=O) groups is 1. The third-order valence-corrected chi connectivity index (χ3v) is 5.16. The smallest absolute Gasteiger partial charge is 0.225 e. The monoisotopic (exact) mass is 367 g/mol. The van der Waals surface area contributed by atoms with E-state index in [-0.39, 0.29) is 5.92 Å². The van der Waals surface area contributed by atoms with E-state index >= 15 is 0 Å². The molecule has 1 saturated carbocycles. The molecule has 7 nitrogen and oxygen atoms in total. The van der Waals surface area contributed by atoms with Crippen molar-refractivity contribution in [3.63, 3.8) is 0 Å². The Labute approximate surface area is 159 Å². The summed E-state index contributed by atoms with van der Waals surface area (Å²) in [5.41, 5.74) is 0.871. The van der Waals surface area contributed by atoms with E-state index in [1.54, 1.807) is 0 Å². The molecule has 7 heteroatoms. The molecule has 1 aromatic carbocycles. The number of amides is 1. The number of benzene rings is 1. The molecule has 1 aromatic heterocycles. The SMILES string of the molecule is O=C(C1CC1)N1CCN(c2cc(NCC(O)c3ccccc3)ncn2)CC1. The molecule has 2 heterocycles. The third-order valence-electron chi connectivity index (χ3n) is 5.16. The van der Waals surface area contributed by atoms with E-state index in [1.165, 1.54) is 6.33 Å². The van der Waals surface area contributed by atoms with Gasteiger partial charge in [0.05, 0.1) is 6.10 Å². The fourth-order valence-corrected chi connectivity index (χ4v) is 3.36. The molecule has 1 unspecified atom stereocenters. The number of hydrogen-bond donors (Lipinski definition) is 2. The van der Waals surface area contributed by atoms with Gasteiger partial charge in [-0.1, -0.05) is 30.3 Å². The van der Waals surface area contributed by atoms with Gasteiger partial charge in [-0.25, -0.2) is 9.97 Å². The molecule has 1 saturated heterocycles. The highest BCUT2D eigenvalue weighted by Crippen LogP contribution is 2.31. The Kier molecular flexibility index (Phi) is 5.20. The molecule has 1 aliphatic heterocycles. The van der Waals surface area contributed by atoms with Gasteiger partial charge in [-0.3, -0.25) is 4.79 Å². The average Bonchev–Trinajstić information content (AvgIpc) is 3.58. The van der Waals surface area contributed by atoms with E-state index in [1.807, 2.05) is 41.3 Å². The maximum atomic E-state index is 12.2. The number of rotatable bonds is 6. The van der Waals surface area contributed by atoms with Crippen molar-refractivity contribution in [2.75, 3.05) is 42.9 Å². The van der Waals surface area contributed by atoms with E-state index < -0.39 is 6.10 Å². The first-order valence-electron chi connectivity index (χ1n) is 9.53. The number of carbonyl (C=O) groups excluding carboxylic acids is 1. The van der Waals surface area contributed by atoms with Gasteiger partial charge in [-0.05, 0) is 18.4 Å². The van der Waals surface area contributed by atoms with Crippen molar-refractivity contribution in [3.05, 3.63) is 48.3 Å². The zero-order valence-corrected chi connectivity index (χ0v) is 15.3. The number of hydrogen-bond acceptors (Lipinski definition) is 6. The third kappa shape index (κ3) is 4.36. The van der Waals surface area contributed by atoms with Gasteiger partial charge in [-0.2, -0.15) is 0 Å². The van der Waals surface area contributed by atoms with Crippen LogP contribution in [0.25, 0.3) is 0 Å². The van der Waals surface area contributed by atoms with Crippen LogP contribution in [0.3, 0.4) is 0 Å². The Morgan fingerprint density at radius 3 is 2.59 bits per heavy atom. The highest BCUT2D eigenvalue weighted by molar-refractivity contribution is 5.81. The van der Waals surface area contributed by atoms with Gasteiger partial charge in [0, 0.05) is 44.7 Å². The van der Waals surface area contributed by atoms with Crippen molar-refractivity contribution >= 4 is 17.5 Å².